The predicted molar refractivity (Wildman–Crippen MR) is 176 cm³/mol. The van der Waals surface area contributed by atoms with Crippen molar-refractivity contribution in [1.29, 1.82) is 0 Å². The molecule has 0 aliphatic heterocycles. The van der Waals surface area contributed by atoms with Crippen molar-refractivity contribution in [3.8, 4) is 22.3 Å². The zero-order chi connectivity index (χ0) is 28.8. The van der Waals surface area contributed by atoms with Gasteiger partial charge < -0.3 is 24.8 Å². The van der Waals surface area contributed by atoms with Gasteiger partial charge in [0.25, 0.3) is 0 Å². The molecule has 0 saturated heterocycles. The van der Waals surface area contributed by atoms with Gasteiger partial charge in [0, 0.05) is 0 Å². The molecule has 0 saturated carbocycles. The molecule has 0 nitrogen and oxygen atoms in total. The number of benzene rings is 4. The molecule has 0 aromatic heterocycles. The smallest absolute Gasteiger partial charge is 0.0279 e. The van der Waals surface area contributed by atoms with Crippen LogP contribution < -0.4 is 24.8 Å². The number of fused-ring (bicyclic) bond motifs is 2. The van der Waals surface area contributed by atoms with Crippen LogP contribution in [0.5, 0.6) is 0 Å². The molecule has 0 unspecified atom stereocenters. The van der Waals surface area contributed by atoms with Gasteiger partial charge >= 0.3 is 41.9 Å². The van der Waals surface area contributed by atoms with E-state index in [1.807, 2.05) is 0 Å². The third-order valence-corrected chi connectivity index (χ3v) is 7.21. The van der Waals surface area contributed by atoms with Crippen LogP contribution in [0.2, 0.25) is 13.1 Å². The molecular formula is C38H40Cl2SiZr-2. The Hall–Kier alpha value is -2.22. The van der Waals surface area contributed by atoms with Crippen LogP contribution >= 0.6 is 0 Å². The van der Waals surface area contributed by atoms with Crippen LogP contribution in [0.1, 0.15) is 42.0 Å². The first-order chi connectivity index (χ1) is 19.2. The van der Waals surface area contributed by atoms with Gasteiger partial charge in [-0.15, -0.1) is 68.1 Å². The first-order valence-electron chi connectivity index (χ1n) is 14.1. The molecule has 42 heavy (non-hydrogen) atoms. The summed E-state index contributed by atoms with van der Waals surface area (Å²) in [5.74, 6) is 0.579. The summed E-state index contributed by atoms with van der Waals surface area (Å²) in [5.41, 5.74) is 11.0. The van der Waals surface area contributed by atoms with E-state index in [1.54, 1.807) is 23.3 Å². The second kappa shape index (κ2) is 16.6. The van der Waals surface area contributed by atoms with E-state index in [0.717, 1.165) is 0 Å². The molecular weight excluding hydrogens is 647 g/mol. The van der Waals surface area contributed by atoms with Crippen molar-refractivity contribution < 1.29 is 48.1 Å². The van der Waals surface area contributed by atoms with E-state index in [0.29, 0.717) is 5.92 Å². The zero-order valence-electron chi connectivity index (χ0n) is 25.7. The summed E-state index contributed by atoms with van der Waals surface area (Å²) < 4.78 is 0. The largest absolute Gasteiger partial charge is 1.00 e. The van der Waals surface area contributed by atoms with E-state index in [4.69, 9.17) is 0 Å². The predicted octanol–water partition coefficient (Wildman–Crippen LogP) is 5.29. The quantitative estimate of drug-likeness (QED) is 0.176. The summed E-state index contributed by atoms with van der Waals surface area (Å²) in [6.45, 7) is 15.7. The van der Waals surface area contributed by atoms with Gasteiger partial charge in [-0.2, -0.15) is 12.1 Å². The van der Waals surface area contributed by atoms with E-state index in [1.165, 1.54) is 66.1 Å². The van der Waals surface area contributed by atoms with Crippen LogP contribution in [0, 0.1) is 20.8 Å². The molecule has 0 bridgehead atoms. The molecule has 0 aliphatic carbocycles. The van der Waals surface area contributed by atoms with Crippen molar-refractivity contribution in [3.05, 3.63) is 131 Å². The third-order valence-electron chi connectivity index (χ3n) is 7.21. The molecule has 6 aromatic carbocycles. The molecule has 0 heterocycles. The van der Waals surface area contributed by atoms with Gasteiger partial charge in [-0.1, -0.05) is 119 Å². The van der Waals surface area contributed by atoms with Gasteiger partial charge in [0.15, 0.2) is 0 Å². The van der Waals surface area contributed by atoms with Crippen LogP contribution in [0.25, 0.3) is 43.8 Å². The fourth-order valence-corrected chi connectivity index (χ4v) is 5.13. The number of hydrogen-bond acceptors (Lipinski definition) is 0. The van der Waals surface area contributed by atoms with E-state index in [-0.39, 0.29) is 30.2 Å². The second-order valence-corrected chi connectivity index (χ2v) is 20.6. The molecule has 6 aromatic rings. The minimum Gasteiger partial charge on any atom is -1.00 e. The van der Waals surface area contributed by atoms with Gasteiger partial charge in [-0.05, 0) is 17.0 Å². The Morgan fingerprint density at radius 3 is 1.43 bits per heavy atom. The Balaban J connectivity index is 0.000000251. The van der Waals surface area contributed by atoms with Crippen molar-refractivity contribution in [3.63, 3.8) is 0 Å². The number of aryl methyl sites for hydroxylation is 3. The maximum Gasteiger partial charge on any atom is -0.0279 e. The zero-order valence-corrected chi connectivity index (χ0v) is 30.7. The molecule has 0 radical (unpaired) electrons. The standard InChI is InChI=1S/C19H19.C17H15.C2H6Si.2ClH.Zr/c1-13(2)16-11-18-14(3)9-10-17(19(18)12-16)15-7-5-4-6-8-15;1-12-10-16-13(2)8-9-15(17(16)11-12)14-6-4-3-5-7-14;1-3-2;;;/h4-13H,1-3H3;3-11H,1-2H3;1-2H3;2*1H;/q2*-1;;;;+2/p-2. The Morgan fingerprint density at radius 2 is 1.00 bits per heavy atom. The number of rotatable bonds is 3. The first-order valence-corrected chi connectivity index (χ1v) is 20.3. The maximum absolute atomic E-state index is 2.36. The summed E-state index contributed by atoms with van der Waals surface area (Å²) in [6.07, 6.45) is 0. The van der Waals surface area contributed by atoms with Crippen LogP contribution in [-0.4, -0.2) is 5.43 Å². The summed E-state index contributed by atoms with van der Waals surface area (Å²) in [7, 11) is 0. The molecule has 0 atom stereocenters. The van der Waals surface area contributed by atoms with Crippen LogP contribution in [0.4, 0.5) is 0 Å². The van der Waals surface area contributed by atoms with Gasteiger partial charge in [-0.25, -0.2) is 0 Å². The van der Waals surface area contributed by atoms with E-state index in [9.17, 15) is 0 Å². The molecule has 0 N–H and O–H groups in total. The minimum absolute atomic E-state index is 0. The average molecular weight is 687 g/mol. The van der Waals surface area contributed by atoms with Crippen molar-refractivity contribution in [2.75, 3.05) is 0 Å². The average Bonchev–Trinajstić information content (AvgIpc) is 3.56. The monoisotopic (exact) mass is 684 g/mol. The van der Waals surface area contributed by atoms with Crippen LogP contribution in [-0.2, 0) is 23.3 Å². The van der Waals surface area contributed by atoms with E-state index >= 15 is 0 Å². The van der Waals surface area contributed by atoms with Crippen molar-refractivity contribution in [2.24, 2.45) is 0 Å². The minimum atomic E-state index is 0. The molecule has 0 fully saturated rings. The summed E-state index contributed by atoms with van der Waals surface area (Å²) in [6, 6.07) is 39.4. The van der Waals surface area contributed by atoms with Gasteiger partial charge in [0.1, 0.15) is 0 Å². The molecule has 0 amide bonds. The third kappa shape index (κ3) is 8.90. The normalized spacial score (nSPS) is 10.2. The molecule has 216 valence electrons. The van der Waals surface area contributed by atoms with Crippen LogP contribution in [0.3, 0.4) is 0 Å². The fourth-order valence-electron chi connectivity index (χ4n) is 5.13. The van der Waals surface area contributed by atoms with E-state index < -0.39 is 0 Å². The molecule has 0 aliphatic rings. The topological polar surface area (TPSA) is 0 Å². The van der Waals surface area contributed by atoms with Gasteiger partial charge in [-0.3, -0.25) is 0 Å². The summed E-state index contributed by atoms with van der Waals surface area (Å²) >= 11 is 1.74. The SMILES string of the molecule is C[Si](C)=[Zr+2].Cc1cc2c(-c3ccccc3)ccc(C)c2[cH-]1.Cc1ccc(-c2ccccc2)c2cc(C(C)C)[cH-]c12.[Cl-].[Cl-]. The van der Waals surface area contributed by atoms with Gasteiger partial charge in [0.2, 0.25) is 0 Å². The Kier molecular flexibility index (Phi) is 14.2. The summed E-state index contributed by atoms with van der Waals surface area (Å²) in [4.78, 5) is 0. The molecule has 4 heteroatoms. The Morgan fingerprint density at radius 1 is 0.595 bits per heavy atom. The van der Waals surface area contributed by atoms with Crippen LogP contribution in [0.15, 0.2) is 109 Å². The van der Waals surface area contributed by atoms with Crippen molar-refractivity contribution in [2.45, 2.75) is 53.6 Å². The van der Waals surface area contributed by atoms with Crippen molar-refractivity contribution in [1.82, 2.24) is 0 Å². The molecule has 0 spiro atoms. The number of halogens is 2. The molecule has 6 rings (SSSR count). The van der Waals surface area contributed by atoms with E-state index in [2.05, 4.69) is 157 Å². The summed E-state index contributed by atoms with van der Waals surface area (Å²) in [5, 5.41) is 5.53. The van der Waals surface area contributed by atoms with Crippen molar-refractivity contribution >= 4 is 27.0 Å². The Labute approximate surface area is 280 Å². The van der Waals surface area contributed by atoms with Gasteiger partial charge in [0.05, 0.1) is 0 Å². The fraction of sp³-hybridized carbons (Fsp3) is 0.211. The second-order valence-electron chi connectivity index (χ2n) is 11.2. The Bertz CT molecular complexity index is 1720. The first kappa shape index (κ1) is 36.0. The number of hydrogen-bond donors (Lipinski definition) is 0. The maximum atomic E-state index is 2.36.